The van der Waals surface area contributed by atoms with E-state index in [1.165, 1.54) is 12.4 Å². The molecule has 1 saturated carbocycles. The highest BCUT2D eigenvalue weighted by molar-refractivity contribution is 5.94. The van der Waals surface area contributed by atoms with E-state index in [4.69, 9.17) is 0 Å². The van der Waals surface area contributed by atoms with Crippen molar-refractivity contribution in [3.8, 4) is 0 Å². The minimum Gasteiger partial charge on any atom is -0.338 e. The van der Waals surface area contributed by atoms with Gasteiger partial charge >= 0.3 is 6.18 Å². The van der Waals surface area contributed by atoms with Crippen LogP contribution in [0.2, 0.25) is 0 Å². The van der Waals surface area contributed by atoms with Gasteiger partial charge in [-0.1, -0.05) is 6.42 Å². The van der Waals surface area contributed by atoms with Gasteiger partial charge in [0.2, 0.25) is 0 Å². The summed E-state index contributed by atoms with van der Waals surface area (Å²) in [5, 5.41) is 0. The van der Waals surface area contributed by atoms with Gasteiger partial charge in [-0.05, 0) is 36.8 Å². The average molecular weight is 298 g/mol. The van der Waals surface area contributed by atoms with Crippen LogP contribution < -0.4 is 0 Å². The molecule has 0 aromatic carbocycles. The highest BCUT2D eigenvalue weighted by Gasteiger charge is 2.58. The second-order valence-electron chi connectivity index (χ2n) is 6.06. The van der Waals surface area contributed by atoms with Gasteiger partial charge in [0.15, 0.2) is 0 Å². The Morgan fingerprint density at radius 1 is 1.29 bits per heavy atom. The van der Waals surface area contributed by atoms with Crippen LogP contribution in [0.25, 0.3) is 0 Å². The predicted molar refractivity (Wildman–Crippen MR) is 70.6 cm³/mol. The largest absolute Gasteiger partial charge is 0.392 e. The maximum atomic E-state index is 13.2. The van der Waals surface area contributed by atoms with Crippen LogP contribution in [0.15, 0.2) is 24.5 Å². The molecule has 3 nitrogen and oxygen atoms in total. The van der Waals surface area contributed by atoms with Crippen LogP contribution in [0, 0.1) is 11.3 Å². The number of rotatable bonds is 1. The summed E-state index contributed by atoms with van der Waals surface area (Å²) in [4.78, 5) is 17.8. The van der Waals surface area contributed by atoms with E-state index in [1.54, 1.807) is 17.0 Å². The quantitative estimate of drug-likeness (QED) is 0.797. The minimum absolute atomic E-state index is 0.0142. The Morgan fingerprint density at radius 3 is 2.48 bits per heavy atom. The zero-order chi connectivity index (χ0) is 15.1. The van der Waals surface area contributed by atoms with Gasteiger partial charge in [0.25, 0.3) is 5.91 Å². The number of likely N-dealkylation sites (tertiary alicyclic amines) is 1. The molecule has 6 heteroatoms. The van der Waals surface area contributed by atoms with Gasteiger partial charge in [0.1, 0.15) is 0 Å². The molecule has 1 amide bonds. The molecule has 1 aliphatic carbocycles. The number of piperidine rings is 1. The van der Waals surface area contributed by atoms with E-state index in [0.29, 0.717) is 18.4 Å². The highest BCUT2D eigenvalue weighted by Crippen LogP contribution is 2.56. The Balaban J connectivity index is 1.78. The van der Waals surface area contributed by atoms with Gasteiger partial charge < -0.3 is 4.90 Å². The summed E-state index contributed by atoms with van der Waals surface area (Å²) in [5.41, 5.74) is -0.260. The van der Waals surface area contributed by atoms with E-state index >= 15 is 0 Å². The van der Waals surface area contributed by atoms with Crippen molar-refractivity contribution in [3.05, 3.63) is 30.1 Å². The lowest BCUT2D eigenvalue weighted by molar-refractivity contribution is -0.235. The third kappa shape index (κ3) is 2.51. The number of nitrogens with zero attached hydrogens (tertiary/aromatic N) is 2. The second-order valence-corrected chi connectivity index (χ2v) is 6.06. The Hall–Kier alpha value is -1.59. The Bertz CT molecular complexity index is 525. The van der Waals surface area contributed by atoms with Crippen molar-refractivity contribution in [2.24, 2.45) is 11.3 Å². The summed E-state index contributed by atoms with van der Waals surface area (Å²) in [6, 6.07) is 3.21. The molecule has 1 saturated heterocycles. The number of carbonyl (C=O) groups excluding carboxylic acids is 1. The zero-order valence-corrected chi connectivity index (χ0v) is 11.6. The molecule has 2 heterocycles. The molecule has 1 atom stereocenters. The topological polar surface area (TPSA) is 33.2 Å². The second kappa shape index (κ2) is 5.00. The van der Waals surface area contributed by atoms with Crippen LogP contribution in [0.4, 0.5) is 13.2 Å². The first-order chi connectivity index (χ1) is 9.92. The summed E-state index contributed by atoms with van der Waals surface area (Å²) in [7, 11) is 0. The first-order valence-corrected chi connectivity index (χ1v) is 7.18. The predicted octanol–water partition coefficient (Wildman–Crippen LogP) is 3.28. The van der Waals surface area contributed by atoms with Crippen LogP contribution in [0.1, 0.15) is 36.0 Å². The van der Waals surface area contributed by atoms with Crippen molar-refractivity contribution in [2.75, 3.05) is 13.1 Å². The van der Waals surface area contributed by atoms with Gasteiger partial charge in [0, 0.05) is 31.0 Å². The normalized spacial score (nSPS) is 24.7. The molecule has 0 unspecified atom stereocenters. The molecule has 0 bridgehead atoms. The van der Waals surface area contributed by atoms with Crippen LogP contribution in [-0.2, 0) is 0 Å². The number of pyridine rings is 1. The van der Waals surface area contributed by atoms with Gasteiger partial charge in [0.05, 0.1) is 5.92 Å². The van der Waals surface area contributed by atoms with Gasteiger partial charge in [-0.3, -0.25) is 9.78 Å². The van der Waals surface area contributed by atoms with Gasteiger partial charge in [-0.25, -0.2) is 0 Å². The minimum atomic E-state index is -4.16. The average Bonchev–Trinajstić information content (AvgIpc) is 2.44. The molecule has 0 radical (unpaired) electrons. The molecule has 3 rings (SSSR count). The number of hydrogen-bond donors (Lipinski definition) is 0. The van der Waals surface area contributed by atoms with Crippen molar-refractivity contribution < 1.29 is 18.0 Å². The fourth-order valence-electron chi connectivity index (χ4n) is 3.66. The van der Waals surface area contributed by atoms with Crippen LogP contribution >= 0.6 is 0 Å². The van der Waals surface area contributed by atoms with Crippen LogP contribution in [0.5, 0.6) is 0 Å². The summed E-state index contributed by atoms with van der Waals surface area (Å²) in [5.74, 6) is -1.45. The first kappa shape index (κ1) is 14.4. The number of amides is 1. The Morgan fingerprint density at radius 2 is 1.95 bits per heavy atom. The fraction of sp³-hybridized carbons (Fsp3) is 0.600. The lowest BCUT2D eigenvalue weighted by Crippen LogP contribution is -2.57. The maximum absolute atomic E-state index is 13.2. The SMILES string of the molecule is O=C(c1ccncc1)N1CC[C@H](C(F)(F)F)C2(CCC2)C1. The lowest BCUT2D eigenvalue weighted by atomic mass is 9.58. The Labute approximate surface area is 121 Å². The standard InChI is InChI=1S/C15H17F3N2O/c16-15(17,18)12-4-9-20(10-14(12)5-1-6-14)13(21)11-2-7-19-8-3-11/h2-3,7-8,12H,1,4-6,9-10H2/t12-/m0/s1. The molecule has 21 heavy (non-hydrogen) atoms. The summed E-state index contributed by atoms with van der Waals surface area (Å²) < 4.78 is 39.6. The van der Waals surface area contributed by atoms with Crippen LogP contribution in [-0.4, -0.2) is 35.1 Å². The molecule has 2 fully saturated rings. The number of halogens is 3. The fourth-order valence-corrected chi connectivity index (χ4v) is 3.66. The van der Waals surface area contributed by atoms with Crippen molar-refractivity contribution in [1.82, 2.24) is 9.88 Å². The molecule has 1 aromatic heterocycles. The van der Waals surface area contributed by atoms with E-state index in [-0.39, 0.29) is 25.4 Å². The van der Waals surface area contributed by atoms with E-state index in [0.717, 1.165) is 6.42 Å². The number of carbonyl (C=O) groups is 1. The van der Waals surface area contributed by atoms with E-state index in [9.17, 15) is 18.0 Å². The van der Waals surface area contributed by atoms with Crippen molar-refractivity contribution in [2.45, 2.75) is 31.9 Å². The van der Waals surface area contributed by atoms with Crippen molar-refractivity contribution >= 4 is 5.91 Å². The molecule has 0 N–H and O–H groups in total. The van der Waals surface area contributed by atoms with Gasteiger partial charge in [-0.2, -0.15) is 13.2 Å². The van der Waals surface area contributed by atoms with E-state index < -0.39 is 17.5 Å². The molecule has 1 aliphatic heterocycles. The zero-order valence-electron chi connectivity index (χ0n) is 11.6. The summed E-state index contributed by atoms with van der Waals surface area (Å²) in [6.07, 6.45) is 0.856. The number of alkyl halides is 3. The van der Waals surface area contributed by atoms with Crippen LogP contribution in [0.3, 0.4) is 0 Å². The van der Waals surface area contributed by atoms with Crippen molar-refractivity contribution in [1.29, 1.82) is 0 Å². The molecular weight excluding hydrogens is 281 g/mol. The molecule has 1 aromatic rings. The third-order valence-corrected chi connectivity index (χ3v) is 4.89. The molecule has 2 aliphatic rings. The Kier molecular flexibility index (Phi) is 3.42. The monoisotopic (exact) mass is 298 g/mol. The number of aromatic nitrogens is 1. The third-order valence-electron chi connectivity index (χ3n) is 4.89. The van der Waals surface area contributed by atoms with Gasteiger partial charge in [-0.15, -0.1) is 0 Å². The first-order valence-electron chi connectivity index (χ1n) is 7.18. The molecular formula is C15H17F3N2O. The summed E-state index contributed by atoms with van der Waals surface area (Å²) >= 11 is 0. The van der Waals surface area contributed by atoms with E-state index in [1.807, 2.05) is 0 Å². The molecule has 1 spiro atoms. The lowest BCUT2D eigenvalue weighted by Gasteiger charge is -2.54. The highest BCUT2D eigenvalue weighted by atomic mass is 19.4. The summed E-state index contributed by atoms with van der Waals surface area (Å²) in [6.45, 7) is 0.394. The van der Waals surface area contributed by atoms with E-state index in [2.05, 4.69) is 4.98 Å². The maximum Gasteiger partial charge on any atom is 0.392 e. The van der Waals surface area contributed by atoms with Crippen molar-refractivity contribution in [3.63, 3.8) is 0 Å². The molecule has 114 valence electrons. The smallest absolute Gasteiger partial charge is 0.338 e. The number of hydrogen-bond acceptors (Lipinski definition) is 2.